The van der Waals surface area contributed by atoms with Crippen molar-refractivity contribution in [3.8, 4) is 11.5 Å². The molecule has 3 aromatic carbocycles. The Hall–Kier alpha value is -3.54. The summed E-state index contributed by atoms with van der Waals surface area (Å²) in [5, 5.41) is 3.66. The standard InChI is InChI=1S/C32H34Cl2FN3O6S/c1-21(32(40)36-24-5-3-2-4-6-24)37(19-22-7-13-27(33)28(34)17-22)31(39)20-38(25-10-8-23(35)9-11-25)45(41,42)26-12-14-29-30(18-26)44-16-15-43-29/h7-14,17-18,21,24H,2-6,15-16,19-20H2,1H3,(H,36,40). The van der Waals surface area contributed by atoms with Crippen LogP contribution in [0.1, 0.15) is 44.6 Å². The van der Waals surface area contributed by atoms with Gasteiger partial charge in [0.25, 0.3) is 10.0 Å². The number of amides is 2. The Morgan fingerprint density at radius 3 is 2.31 bits per heavy atom. The molecule has 0 aromatic heterocycles. The number of rotatable bonds is 10. The van der Waals surface area contributed by atoms with Gasteiger partial charge in [-0.1, -0.05) is 48.5 Å². The number of benzene rings is 3. The Balaban J connectivity index is 1.48. The van der Waals surface area contributed by atoms with Crippen LogP contribution in [0.5, 0.6) is 11.5 Å². The third-order valence-electron chi connectivity index (χ3n) is 7.95. The highest BCUT2D eigenvalue weighted by Crippen LogP contribution is 2.34. The van der Waals surface area contributed by atoms with Crippen LogP contribution in [-0.4, -0.2) is 57.0 Å². The fraction of sp³-hybridized carbons (Fsp3) is 0.375. The Labute approximate surface area is 272 Å². The Morgan fingerprint density at radius 2 is 1.62 bits per heavy atom. The quantitative estimate of drug-likeness (QED) is 0.284. The zero-order valence-electron chi connectivity index (χ0n) is 24.7. The van der Waals surface area contributed by atoms with Crippen molar-refractivity contribution in [1.29, 1.82) is 0 Å². The fourth-order valence-electron chi connectivity index (χ4n) is 5.43. The second-order valence-electron chi connectivity index (χ2n) is 11.1. The van der Waals surface area contributed by atoms with Crippen molar-refractivity contribution >= 4 is 50.7 Å². The maximum absolute atomic E-state index is 14.2. The topological polar surface area (TPSA) is 105 Å². The molecule has 0 bridgehead atoms. The number of ether oxygens (including phenoxy) is 2. The van der Waals surface area contributed by atoms with E-state index in [2.05, 4.69) is 5.32 Å². The van der Waals surface area contributed by atoms with Gasteiger partial charge in [0.15, 0.2) is 11.5 Å². The van der Waals surface area contributed by atoms with E-state index in [0.29, 0.717) is 22.9 Å². The minimum Gasteiger partial charge on any atom is -0.486 e. The van der Waals surface area contributed by atoms with Gasteiger partial charge in [0.2, 0.25) is 11.8 Å². The number of anilines is 1. The summed E-state index contributed by atoms with van der Waals surface area (Å²) in [6.45, 7) is 1.46. The number of nitrogens with zero attached hydrogens (tertiary/aromatic N) is 2. The van der Waals surface area contributed by atoms with E-state index in [1.54, 1.807) is 25.1 Å². The third kappa shape index (κ3) is 7.82. The number of sulfonamides is 1. The number of fused-ring (bicyclic) bond motifs is 1. The molecule has 0 saturated heterocycles. The van der Waals surface area contributed by atoms with Gasteiger partial charge in [0.05, 0.1) is 20.6 Å². The molecule has 5 rings (SSSR count). The van der Waals surface area contributed by atoms with Crippen LogP contribution in [0.2, 0.25) is 10.0 Å². The number of carbonyl (C=O) groups is 2. The first-order chi connectivity index (χ1) is 21.5. The molecule has 1 aliphatic carbocycles. The fourth-order valence-corrected chi connectivity index (χ4v) is 7.18. The summed E-state index contributed by atoms with van der Waals surface area (Å²) in [5.41, 5.74) is 0.659. The average Bonchev–Trinajstić information content (AvgIpc) is 3.04. The second-order valence-corrected chi connectivity index (χ2v) is 13.8. The molecule has 240 valence electrons. The first-order valence-electron chi connectivity index (χ1n) is 14.7. The lowest BCUT2D eigenvalue weighted by Gasteiger charge is -2.33. The Bertz CT molecular complexity index is 1650. The van der Waals surface area contributed by atoms with Gasteiger partial charge in [0, 0.05) is 18.7 Å². The van der Waals surface area contributed by atoms with E-state index in [1.165, 1.54) is 35.2 Å². The molecule has 45 heavy (non-hydrogen) atoms. The van der Waals surface area contributed by atoms with Gasteiger partial charge in [-0.3, -0.25) is 13.9 Å². The summed E-state index contributed by atoms with van der Waals surface area (Å²) in [4.78, 5) is 28.8. The Kier molecular flexibility index (Phi) is 10.4. The average molecular weight is 679 g/mol. The van der Waals surface area contributed by atoms with E-state index in [-0.39, 0.29) is 46.5 Å². The summed E-state index contributed by atoms with van der Waals surface area (Å²) in [6.07, 6.45) is 4.84. The predicted octanol–water partition coefficient (Wildman–Crippen LogP) is 5.97. The van der Waals surface area contributed by atoms with Crippen LogP contribution >= 0.6 is 23.2 Å². The molecule has 9 nitrogen and oxygen atoms in total. The van der Waals surface area contributed by atoms with Crippen LogP contribution in [0.4, 0.5) is 10.1 Å². The van der Waals surface area contributed by atoms with Crippen LogP contribution < -0.4 is 19.1 Å². The van der Waals surface area contributed by atoms with E-state index in [1.807, 2.05) is 0 Å². The summed E-state index contributed by atoms with van der Waals surface area (Å²) in [5.74, 6) is -0.927. The normalized spacial score (nSPS) is 15.6. The van der Waals surface area contributed by atoms with Crippen molar-refractivity contribution < 1.29 is 31.9 Å². The van der Waals surface area contributed by atoms with E-state index >= 15 is 0 Å². The summed E-state index contributed by atoms with van der Waals surface area (Å²) in [7, 11) is -4.39. The molecule has 1 aliphatic heterocycles. The maximum atomic E-state index is 14.2. The summed E-state index contributed by atoms with van der Waals surface area (Å²) < 4.78 is 54.2. The van der Waals surface area contributed by atoms with Crippen molar-refractivity contribution in [2.75, 3.05) is 24.1 Å². The lowest BCUT2D eigenvalue weighted by atomic mass is 9.95. The molecule has 1 N–H and O–H groups in total. The smallest absolute Gasteiger partial charge is 0.264 e. The minimum atomic E-state index is -4.39. The lowest BCUT2D eigenvalue weighted by molar-refractivity contribution is -0.139. The molecular formula is C32H34Cl2FN3O6S. The molecule has 1 saturated carbocycles. The van der Waals surface area contributed by atoms with E-state index < -0.39 is 34.3 Å². The highest BCUT2D eigenvalue weighted by atomic mass is 35.5. The molecule has 1 fully saturated rings. The zero-order valence-corrected chi connectivity index (χ0v) is 27.0. The number of carbonyl (C=O) groups excluding carboxylic acids is 2. The van der Waals surface area contributed by atoms with Crippen LogP contribution in [0, 0.1) is 5.82 Å². The van der Waals surface area contributed by atoms with E-state index in [4.69, 9.17) is 32.7 Å². The minimum absolute atomic E-state index is 0.00178. The molecule has 13 heteroatoms. The molecule has 1 heterocycles. The molecule has 0 spiro atoms. The van der Waals surface area contributed by atoms with E-state index in [9.17, 15) is 22.4 Å². The van der Waals surface area contributed by atoms with E-state index in [0.717, 1.165) is 48.5 Å². The largest absolute Gasteiger partial charge is 0.486 e. The van der Waals surface area contributed by atoms with Crippen molar-refractivity contribution in [3.05, 3.63) is 82.1 Å². The van der Waals surface area contributed by atoms with Crippen molar-refractivity contribution in [2.24, 2.45) is 0 Å². The van der Waals surface area contributed by atoms with Crippen LogP contribution in [0.15, 0.2) is 65.6 Å². The lowest BCUT2D eigenvalue weighted by Crippen LogP contribution is -2.53. The number of hydrogen-bond donors (Lipinski definition) is 1. The summed E-state index contributed by atoms with van der Waals surface area (Å²) >= 11 is 12.4. The van der Waals surface area contributed by atoms with Gasteiger partial charge < -0.3 is 19.7 Å². The molecular weight excluding hydrogens is 644 g/mol. The van der Waals surface area contributed by atoms with Gasteiger partial charge in [-0.25, -0.2) is 12.8 Å². The monoisotopic (exact) mass is 677 g/mol. The van der Waals surface area contributed by atoms with Gasteiger partial charge in [-0.15, -0.1) is 0 Å². The Morgan fingerprint density at radius 1 is 0.933 bits per heavy atom. The number of nitrogens with one attached hydrogen (secondary N) is 1. The van der Waals surface area contributed by atoms with Gasteiger partial charge in [0.1, 0.15) is 31.6 Å². The van der Waals surface area contributed by atoms with Crippen LogP contribution in [0.25, 0.3) is 0 Å². The molecule has 3 aromatic rings. The molecule has 2 aliphatic rings. The molecule has 1 unspecified atom stereocenters. The van der Waals surface area contributed by atoms with Gasteiger partial charge in [-0.2, -0.15) is 0 Å². The number of halogens is 3. The van der Waals surface area contributed by atoms with Crippen molar-refractivity contribution in [2.45, 2.75) is 62.6 Å². The third-order valence-corrected chi connectivity index (χ3v) is 10.5. The van der Waals surface area contributed by atoms with Crippen LogP contribution in [0.3, 0.4) is 0 Å². The van der Waals surface area contributed by atoms with Gasteiger partial charge in [-0.05, 0) is 73.9 Å². The van der Waals surface area contributed by atoms with Crippen LogP contribution in [-0.2, 0) is 26.2 Å². The predicted molar refractivity (Wildman–Crippen MR) is 170 cm³/mol. The molecule has 1 atom stereocenters. The summed E-state index contributed by atoms with van der Waals surface area (Å²) in [6, 6.07) is 12.9. The molecule has 0 radical (unpaired) electrons. The highest BCUT2D eigenvalue weighted by molar-refractivity contribution is 7.92. The van der Waals surface area contributed by atoms with Gasteiger partial charge >= 0.3 is 0 Å². The maximum Gasteiger partial charge on any atom is 0.264 e. The number of hydrogen-bond acceptors (Lipinski definition) is 6. The first kappa shape index (κ1) is 32.8. The van der Waals surface area contributed by atoms with Crippen molar-refractivity contribution in [3.63, 3.8) is 0 Å². The highest BCUT2D eigenvalue weighted by Gasteiger charge is 2.34. The SMILES string of the molecule is CC(C(=O)NC1CCCCC1)N(Cc1ccc(Cl)c(Cl)c1)C(=O)CN(c1ccc(F)cc1)S(=O)(=O)c1ccc2c(c1)OCCO2. The second kappa shape index (κ2) is 14.3. The zero-order chi connectivity index (χ0) is 32.1. The van der Waals surface area contributed by atoms with Crippen molar-refractivity contribution in [1.82, 2.24) is 10.2 Å². The molecule has 2 amide bonds. The first-order valence-corrected chi connectivity index (χ1v) is 16.9.